The van der Waals surface area contributed by atoms with Crippen molar-refractivity contribution < 1.29 is 4.79 Å². The number of hydrogen-bond acceptors (Lipinski definition) is 3. The van der Waals surface area contributed by atoms with Crippen LogP contribution in [0.2, 0.25) is 0 Å². The Labute approximate surface area is 109 Å². The van der Waals surface area contributed by atoms with Gasteiger partial charge in [-0.2, -0.15) is 11.8 Å². The van der Waals surface area contributed by atoms with Gasteiger partial charge in [-0.05, 0) is 38.3 Å². The maximum atomic E-state index is 12.1. The Morgan fingerprint density at radius 2 is 2.18 bits per heavy atom. The van der Waals surface area contributed by atoms with Crippen LogP contribution in [-0.2, 0) is 4.79 Å². The Morgan fingerprint density at radius 1 is 1.41 bits per heavy atom. The smallest absolute Gasteiger partial charge is 0.222 e. The fraction of sp³-hybridized carbons (Fsp3) is 0.923. The lowest BCUT2D eigenvalue weighted by atomic mass is 9.93. The molecule has 0 aromatic heterocycles. The fourth-order valence-electron chi connectivity index (χ4n) is 2.70. The van der Waals surface area contributed by atoms with Crippen molar-refractivity contribution in [2.24, 2.45) is 5.92 Å². The molecule has 0 aromatic rings. The number of carbonyl (C=O) groups excluding carboxylic acids is 1. The maximum absolute atomic E-state index is 12.1. The zero-order valence-electron chi connectivity index (χ0n) is 10.8. The van der Waals surface area contributed by atoms with Gasteiger partial charge in [0, 0.05) is 30.5 Å². The van der Waals surface area contributed by atoms with Crippen LogP contribution >= 0.6 is 11.8 Å². The minimum absolute atomic E-state index is 0.385. The van der Waals surface area contributed by atoms with E-state index in [4.69, 9.17) is 0 Å². The molecule has 98 valence electrons. The molecule has 3 nitrogen and oxygen atoms in total. The number of amides is 1. The number of carbonyl (C=O) groups is 1. The third kappa shape index (κ3) is 4.18. The van der Waals surface area contributed by atoms with Gasteiger partial charge in [-0.15, -0.1) is 0 Å². The van der Waals surface area contributed by atoms with Gasteiger partial charge in [0.2, 0.25) is 5.91 Å². The van der Waals surface area contributed by atoms with Crippen molar-refractivity contribution in [3.8, 4) is 0 Å². The summed E-state index contributed by atoms with van der Waals surface area (Å²) in [7, 11) is 0. The van der Waals surface area contributed by atoms with E-state index in [1.165, 1.54) is 12.8 Å². The molecular formula is C13H24N2OS. The van der Waals surface area contributed by atoms with E-state index in [-0.39, 0.29) is 0 Å². The molecule has 0 bridgehead atoms. The minimum atomic E-state index is 0.385. The van der Waals surface area contributed by atoms with Crippen LogP contribution in [0, 0.1) is 5.92 Å². The number of thioether (sulfide) groups is 1. The molecule has 0 aliphatic carbocycles. The zero-order valence-corrected chi connectivity index (χ0v) is 11.6. The number of rotatable bonds is 3. The summed E-state index contributed by atoms with van der Waals surface area (Å²) in [6, 6.07) is 0. The van der Waals surface area contributed by atoms with Crippen molar-refractivity contribution in [3.05, 3.63) is 0 Å². The van der Waals surface area contributed by atoms with Crippen LogP contribution in [0.25, 0.3) is 0 Å². The van der Waals surface area contributed by atoms with Crippen molar-refractivity contribution >= 4 is 17.7 Å². The topological polar surface area (TPSA) is 32.3 Å². The highest BCUT2D eigenvalue weighted by Crippen LogP contribution is 2.21. The number of nitrogens with zero attached hydrogens (tertiary/aromatic N) is 1. The predicted octanol–water partition coefficient (Wildman–Crippen LogP) is 1.73. The molecule has 1 amide bonds. The molecule has 0 saturated carbocycles. The largest absolute Gasteiger partial charge is 0.341 e. The van der Waals surface area contributed by atoms with Crippen LogP contribution in [0.3, 0.4) is 0 Å². The number of piperidine rings is 1. The van der Waals surface area contributed by atoms with E-state index in [0.717, 1.165) is 50.7 Å². The summed E-state index contributed by atoms with van der Waals surface area (Å²) in [4.78, 5) is 14.2. The first kappa shape index (κ1) is 13.2. The fourth-order valence-corrected chi connectivity index (χ4v) is 3.71. The second-order valence-electron chi connectivity index (χ2n) is 5.25. The average molecular weight is 256 g/mol. The summed E-state index contributed by atoms with van der Waals surface area (Å²) >= 11 is 1.98. The number of hydrogen-bond donors (Lipinski definition) is 1. The lowest BCUT2D eigenvalue weighted by Gasteiger charge is -2.31. The quantitative estimate of drug-likeness (QED) is 0.834. The summed E-state index contributed by atoms with van der Waals surface area (Å²) < 4.78 is 0. The van der Waals surface area contributed by atoms with Crippen LogP contribution in [0.1, 0.15) is 32.6 Å². The van der Waals surface area contributed by atoms with Crippen LogP contribution in [0.5, 0.6) is 0 Å². The van der Waals surface area contributed by atoms with Gasteiger partial charge >= 0.3 is 0 Å². The first-order valence-electron chi connectivity index (χ1n) is 6.86. The van der Waals surface area contributed by atoms with Crippen molar-refractivity contribution in [1.29, 1.82) is 0 Å². The third-order valence-electron chi connectivity index (χ3n) is 3.82. The Bertz CT molecular complexity index is 254. The zero-order chi connectivity index (χ0) is 12.1. The van der Waals surface area contributed by atoms with Crippen LogP contribution < -0.4 is 5.32 Å². The first-order chi connectivity index (χ1) is 8.25. The van der Waals surface area contributed by atoms with Gasteiger partial charge in [-0.25, -0.2) is 0 Å². The molecule has 1 atom stereocenters. The Hall–Kier alpha value is -0.220. The molecule has 4 heteroatoms. The minimum Gasteiger partial charge on any atom is -0.341 e. The van der Waals surface area contributed by atoms with Crippen LogP contribution in [-0.4, -0.2) is 48.0 Å². The molecule has 2 rings (SSSR count). The maximum Gasteiger partial charge on any atom is 0.222 e. The lowest BCUT2D eigenvalue weighted by molar-refractivity contribution is -0.131. The monoisotopic (exact) mass is 256 g/mol. The standard InChI is InChI=1S/C13H24N2OS/c1-11-10-15(8-9-17-11)13(16)3-2-12-4-6-14-7-5-12/h11-12,14H,2-10H2,1H3. The van der Waals surface area contributed by atoms with E-state index in [0.29, 0.717) is 11.2 Å². The van der Waals surface area contributed by atoms with Crippen molar-refractivity contribution in [3.63, 3.8) is 0 Å². The van der Waals surface area contributed by atoms with Crippen LogP contribution in [0.4, 0.5) is 0 Å². The first-order valence-corrected chi connectivity index (χ1v) is 7.90. The summed E-state index contributed by atoms with van der Waals surface area (Å²) in [6.45, 7) is 6.40. The van der Waals surface area contributed by atoms with Gasteiger partial charge in [-0.3, -0.25) is 4.79 Å². The summed E-state index contributed by atoms with van der Waals surface area (Å²) in [5, 5.41) is 3.99. The van der Waals surface area contributed by atoms with Gasteiger partial charge < -0.3 is 10.2 Å². The van der Waals surface area contributed by atoms with E-state index in [1.54, 1.807) is 0 Å². The van der Waals surface area contributed by atoms with Gasteiger partial charge in [0.15, 0.2) is 0 Å². The highest BCUT2D eigenvalue weighted by Gasteiger charge is 2.22. The van der Waals surface area contributed by atoms with E-state index in [1.807, 2.05) is 11.8 Å². The summed E-state index contributed by atoms with van der Waals surface area (Å²) in [5.41, 5.74) is 0. The van der Waals surface area contributed by atoms with Crippen molar-refractivity contribution in [2.75, 3.05) is 31.9 Å². The van der Waals surface area contributed by atoms with Gasteiger partial charge in [0.25, 0.3) is 0 Å². The molecule has 0 radical (unpaired) electrons. The molecule has 2 aliphatic rings. The molecule has 2 aliphatic heterocycles. The molecular weight excluding hydrogens is 232 g/mol. The molecule has 17 heavy (non-hydrogen) atoms. The number of nitrogens with one attached hydrogen (secondary N) is 1. The molecule has 0 spiro atoms. The van der Waals surface area contributed by atoms with Crippen LogP contribution in [0.15, 0.2) is 0 Å². The second kappa shape index (κ2) is 6.64. The van der Waals surface area contributed by atoms with E-state index in [2.05, 4.69) is 17.1 Å². The highest BCUT2D eigenvalue weighted by atomic mass is 32.2. The molecule has 2 heterocycles. The summed E-state index contributed by atoms with van der Waals surface area (Å²) in [6.07, 6.45) is 4.36. The Morgan fingerprint density at radius 3 is 2.88 bits per heavy atom. The molecule has 1 unspecified atom stereocenters. The average Bonchev–Trinajstić information content (AvgIpc) is 2.37. The van der Waals surface area contributed by atoms with E-state index < -0.39 is 0 Å². The SMILES string of the molecule is CC1CN(C(=O)CCC2CCNCC2)CCS1. The normalized spacial score (nSPS) is 27.1. The third-order valence-corrected chi connectivity index (χ3v) is 4.96. The van der Waals surface area contributed by atoms with Gasteiger partial charge in [0.05, 0.1) is 0 Å². The Balaban J connectivity index is 1.69. The molecule has 2 fully saturated rings. The van der Waals surface area contributed by atoms with Gasteiger partial charge in [-0.1, -0.05) is 6.92 Å². The summed E-state index contributed by atoms with van der Waals surface area (Å²) in [5.74, 6) is 2.27. The van der Waals surface area contributed by atoms with Gasteiger partial charge in [0.1, 0.15) is 0 Å². The lowest BCUT2D eigenvalue weighted by Crippen LogP contribution is -2.41. The van der Waals surface area contributed by atoms with E-state index >= 15 is 0 Å². The molecule has 0 aromatic carbocycles. The molecule has 1 N–H and O–H groups in total. The second-order valence-corrected chi connectivity index (χ2v) is 6.80. The van der Waals surface area contributed by atoms with E-state index in [9.17, 15) is 4.79 Å². The predicted molar refractivity (Wildman–Crippen MR) is 73.3 cm³/mol. The molecule has 2 saturated heterocycles. The van der Waals surface area contributed by atoms with Crippen molar-refractivity contribution in [2.45, 2.75) is 37.9 Å². The Kier molecular flexibility index (Phi) is 5.16. The highest BCUT2D eigenvalue weighted by molar-refractivity contribution is 7.99. The van der Waals surface area contributed by atoms with Crippen molar-refractivity contribution in [1.82, 2.24) is 10.2 Å².